The first kappa shape index (κ1) is 25.3. The van der Waals surface area contributed by atoms with E-state index in [-0.39, 0.29) is 17.3 Å². The predicted octanol–water partition coefficient (Wildman–Crippen LogP) is 5.65. The van der Waals surface area contributed by atoms with E-state index in [2.05, 4.69) is 39.3 Å². The SMILES string of the molecule is CCCCN(CCCC)c1ccc(N=Nc2nc(C#N)c(C#N)n2CC)c(NC(=O)OC)c1. The maximum atomic E-state index is 12.0. The van der Waals surface area contributed by atoms with Gasteiger partial charge in [0.05, 0.1) is 12.8 Å². The Morgan fingerprint density at radius 1 is 1.15 bits per heavy atom. The van der Waals surface area contributed by atoms with Crippen LogP contribution in [0.3, 0.4) is 0 Å². The lowest BCUT2D eigenvalue weighted by Gasteiger charge is -2.25. The van der Waals surface area contributed by atoms with Crippen LogP contribution in [-0.4, -0.2) is 35.8 Å². The van der Waals surface area contributed by atoms with Crippen molar-refractivity contribution in [2.24, 2.45) is 10.2 Å². The number of azo groups is 1. The molecule has 0 atom stereocenters. The number of rotatable bonds is 11. The van der Waals surface area contributed by atoms with E-state index >= 15 is 0 Å². The molecule has 2 rings (SSSR count). The van der Waals surface area contributed by atoms with Gasteiger partial charge in [0, 0.05) is 25.3 Å². The fourth-order valence-corrected chi connectivity index (χ4v) is 3.24. The summed E-state index contributed by atoms with van der Waals surface area (Å²) in [6.07, 6.45) is 3.68. The molecule has 174 valence electrons. The first-order chi connectivity index (χ1) is 16.0. The van der Waals surface area contributed by atoms with Crippen LogP contribution in [0.1, 0.15) is 57.8 Å². The Kier molecular flexibility index (Phi) is 9.84. The van der Waals surface area contributed by atoms with Crippen LogP contribution in [0.25, 0.3) is 0 Å². The summed E-state index contributed by atoms with van der Waals surface area (Å²) in [5.41, 5.74) is 1.95. The Hall–Kier alpha value is -3.92. The molecule has 0 bridgehead atoms. The standard InChI is InChI=1S/C23H30N8O2/c1-5-8-12-30(13-9-6-2)17-10-11-18(19(14-17)27-23(32)33-4)28-29-22-26-20(15-24)21(16-25)31(22)7-3/h10-11,14H,5-9,12-13H2,1-4H3,(H,27,32). The quantitative estimate of drug-likeness (QED) is 0.440. The van der Waals surface area contributed by atoms with Crippen LogP contribution >= 0.6 is 0 Å². The highest BCUT2D eigenvalue weighted by Crippen LogP contribution is 2.32. The van der Waals surface area contributed by atoms with Crippen molar-refractivity contribution >= 4 is 29.1 Å². The molecule has 33 heavy (non-hydrogen) atoms. The zero-order valence-electron chi connectivity index (χ0n) is 19.6. The van der Waals surface area contributed by atoms with Crippen LogP contribution in [0.15, 0.2) is 28.4 Å². The monoisotopic (exact) mass is 450 g/mol. The number of nitrogens with one attached hydrogen (secondary N) is 1. The Morgan fingerprint density at radius 3 is 2.39 bits per heavy atom. The van der Waals surface area contributed by atoms with E-state index in [1.165, 1.54) is 11.7 Å². The van der Waals surface area contributed by atoms with Gasteiger partial charge in [0.1, 0.15) is 17.8 Å². The molecule has 0 aliphatic carbocycles. The number of unbranched alkanes of at least 4 members (excludes halogenated alkanes) is 2. The zero-order chi connectivity index (χ0) is 24.2. The Balaban J connectivity index is 2.46. The highest BCUT2D eigenvalue weighted by atomic mass is 16.5. The van der Waals surface area contributed by atoms with Crippen molar-refractivity contribution < 1.29 is 9.53 Å². The van der Waals surface area contributed by atoms with Crippen molar-refractivity contribution in [1.82, 2.24) is 9.55 Å². The maximum Gasteiger partial charge on any atom is 0.411 e. The minimum absolute atomic E-state index is 0.000882. The Bertz CT molecular complexity index is 1050. The maximum absolute atomic E-state index is 12.0. The molecule has 1 aromatic heterocycles. The van der Waals surface area contributed by atoms with Gasteiger partial charge in [0.15, 0.2) is 11.4 Å². The van der Waals surface area contributed by atoms with Crippen molar-refractivity contribution in [2.75, 3.05) is 30.4 Å². The topological polar surface area (TPSA) is 132 Å². The molecule has 1 N–H and O–H groups in total. The number of carbonyl (C=O) groups excluding carboxylic acids is 1. The summed E-state index contributed by atoms with van der Waals surface area (Å²) in [7, 11) is 1.29. The lowest BCUT2D eigenvalue weighted by molar-refractivity contribution is 0.187. The number of methoxy groups -OCH3 is 1. The molecule has 1 heterocycles. The lowest BCUT2D eigenvalue weighted by Crippen LogP contribution is -2.25. The number of nitrogens with zero attached hydrogens (tertiary/aromatic N) is 7. The van der Waals surface area contributed by atoms with Gasteiger partial charge in [0.25, 0.3) is 5.95 Å². The van der Waals surface area contributed by atoms with Gasteiger partial charge in [-0.15, -0.1) is 10.2 Å². The molecular weight excluding hydrogens is 420 g/mol. The van der Waals surface area contributed by atoms with Crippen molar-refractivity contribution in [3.63, 3.8) is 0 Å². The van der Waals surface area contributed by atoms with Gasteiger partial charge in [-0.1, -0.05) is 26.7 Å². The minimum Gasteiger partial charge on any atom is -0.453 e. The molecule has 10 heteroatoms. The molecule has 0 aliphatic rings. The second kappa shape index (κ2) is 12.8. The van der Waals surface area contributed by atoms with E-state index in [9.17, 15) is 15.3 Å². The summed E-state index contributed by atoms with van der Waals surface area (Å²) in [5.74, 6) is 0.145. The number of anilines is 2. The smallest absolute Gasteiger partial charge is 0.411 e. The fraction of sp³-hybridized carbons (Fsp3) is 0.478. The number of nitriles is 2. The van der Waals surface area contributed by atoms with Gasteiger partial charge in [-0.3, -0.25) is 9.88 Å². The number of benzene rings is 1. The highest BCUT2D eigenvalue weighted by Gasteiger charge is 2.16. The number of aromatic nitrogens is 2. The summed E-state index contributed by atoms with van der Waals surface area (Å²) in [6.45, 7) is 8.36. The van der Waals surface area contributed by atoms with Crippen LogP contribution in [0.5, 0.6) is 0 Å². The average Bonchev–Trinajstić information content (AvgIpc) is 3.19. The molecule has 10 nitrogen and oxygen atoms in total. The first-order valence-corrected chi connectivity index (χ1v) is 11.1. The zero-order valence-corrected chi connectivity index (χ0v) is 19.6. The number of carbonyl (C=O) groups is 1. The summed E-state index contributed by atoms with van der Waals surface area (Å²) < 4.78 is 6.28. The van der Waals surface area contributed by atoms with Crippen molar-refractivity contribution in [3.05, 3.63) is 29.6 Å². The molecule has 2 aromatic rings. The van der Waals surface area contributed by atoms with Gasteiger partial charge in [-0.25, -0.2) is 4.79 Å². The van der Waals surface area contributed by atoms with Gasteiger partial charge in [-0.05, 0) is 38.0 Å². The molecule has 0 fully saturated rings. The Morgan fingerprint density at radius 2 is 1.85 bits per heavy atom. The van der Waals surface area contributed by atoms with Crippen LogP contribution in [0.4, 0.5) is 27.8 Å². The van der Waals surface area contributed by atoms with E-state index in [1.807, 2.05) is 31.2 Å². The normalized spacial score (nSPS) is 10.6. The van der Waals surface area contributed by atoms with Crippen LogP contribution in [0, 0.1) is 22.7 Å². The lowest BCUT2D eigenvalue weighted by atomic mass is 10.2. The van der Waals surface area contributed by atoms with E-state index < -0.39 is 6.09 Å². The first-order valence-electron chi connectivity index (χ1n) is 11.1. The molecular formula is C23H30N8O2. The highest BCUT2D eigenvalue weighted by molar-refractivity contribution is 5.89. The Labute approximate surface area is 194 Å². The van der Waals surface area contributed by atoms with Crippen molar-refractivity contribution in [1.29, 1.82) is 10.5 Å². The van der Waals surface area contributed by atoms with Gasteiger partial charge < -0.3 is 9.64 Å². The van der Waals surface area contributed by atoms with Crippen LogP contribution in [0.2, 0.25) is 0 Å². The molecule has 0 saturated carbocycles. The largest absolute Gasteiger partial charge is 0.453 e. The van der Waals surface area contributed by atoms with Gasteiger partial charge >= 0.3 is 6.09 Å². The van der Waals surface area contributed by atoms with E-state index in [0.717, 1.165) is 44.5 Å². The van der Waals surface area contributed by atoms with E-state index in [4.69, 9.17) is 4.74 Å². The average molecular weight is 451 g/mol. The molecule has 1 amide bonds. The molecule has 0 saturated heterocycles. The third kappa shape index (κ3) is 6.53. The van der Waals surface area contributed by atoms with E-state index in [1.54, 1.807) is 6.07 Å². The number of amides is 1. The van der Waals surface area contributed by atoms with Gasteiger partial charge in [-0.2, -0.15) is 15.5 Å². The van der Waals surface area contributed by atoms with E-state index in [0.29, 0.717) is 17.9 Å². The summed E-state index contributed by atoms with van der Waals surface area (Å²) in [6, 6.07) is 9.44. The molecule has 1 aromatic carbocycles. The second-order valence-corrected chi connectivity index (χ2v) is 7.29. The van der Waals surface area contributed by atoms with Crippen molar-refractivity contribution in [2.45, 2.75) is 53.0 Å². The third-order valence-electron chi connectivity index (χ3n) is 5.05. The molecule has 0 unspecified atom stereocenters. The van der Waals surface area contributed by atoms with Crippen molar-refractivity contribution in [3.8, 4) is 12.1 Å². The summed E-state index contributed by atoms with van der Waals surface area (Å²) in [4.78, 5) is 18.3. The third-order valence-corrected chi connectivity index (χ3v) is 5.05. The minimum atomic E-state index is -0.620. The van der Waals surface area contributed by atoms with Crippen LogP contribution in [-0.2, 0) is 11.3 Å². The number of imidazole rings is 1. The summed E-state index contributed by atoms with van der Waals surface area (Å²) >= 11 is 0. The molecule has 0 spiro atoms. The molecule has 0 aliphatic heterocycles. The number of hydrogen-bond acceptors (Lipinski definition) is 8. The summed E-state index contributed by atoms with van der Waals surface area (Å²) in [5, 5.41) is 29.7. The van der Waals surface area contributed by atoms with Crippen LogP contribution < -0.4 is 10.2 Å². The predicted molar refractivity (Wildman–Crippen MR) is 126 cm³/mol. The molecule has 0 radical (unpaired) electrons. The second-order valence-electron chi connectivity index (χ2n) is 7.29. The van der Waals surface area contributed by atoms with Gasteiger partial charge in [0.2, 0.25) is 0 Å². The number of hydrogen-bond donors (Lipinski definition) is 1. The number of ether oxygens (including phenoxy) is 1. The fourth-order valence-electron chi connectivity index (χ4n) is 3.24.